The third-order valence-electron chi connectivity index (χ3n) is 5.63. The van der Waals surface area contributed by atoms with Crippen molar-refractivity contribution in [3.63, 3.8) is 0 Å². The highest BCUT2D eigenvalue weighted by atomic mass is 16.4. The Hall–Kier alpha value is -0.610. The lowest BCUT2D eigenvalue weighted by Gasteiger charge is -2.33. The SMILES string of the molecule is CCCNC1(C(=O)O)CCCC1CCN1CCC(CC)C1. The van der Waals surface area contributed by atoms with Gasteiger partial charge in [-0.2, -0.15) is 0 Å². The Morgan fingerprint density at radius 1 is 1.38 bits per heavy atom. The molecule has 1 aliphatic carbocycles. The van der Waals surface area contributed by atoms with Gasteiger partial charge >= 0.3 is 5.97 Å². The van der Waals surface area contributed by atoms with Gasteiger partial charge in [0, 0.05) is 6.54 Å². The first-order chi connectivity index (χ1) is 10.1. The first-order valence-electron chi connectivity index (χ1n) is 8.83. The van der Waals surface area contributed by atoms with Gasteiger partial charge < -0.3 is 15.3 Å². The predicted octanol–water partition coefficient (Wildman–Crippen LogP) is 2.73. The molecule has 0 bridgehead atoms. The summed E-state index contributed by atoms with van der Waals surface area (Å²) < 4.78 is 0. The van der Waals surface area contributed by atoms with Gasteiger partial charge in [0.05, 0.1) is 0 Å². The zero-order valence-electron chi connectivity index (χ0n) is 13.7. The molecule has 122 valence electrons. The monoisotopic (exact) mass is 296 g/mol. The Morgan fingerprint density at radius 2 is 2.19 bits per heavy atom. The Labute approximate surface area is 129 Å². The number of hydrogen-bond donors (Lipinski definition) is 2. The number of nitrogens with zero attached hydrogens (tertiary/aromatic N) is 1. The molecule has 4 nitrogen and oxygen atoms in total. The molecule has 1 heterocycles. The summed E-state index contributed by atoms with van der Waals surface area (Å²) in [5, 5.41) is 13.1. The normalized spacial score (nSPS) is 33.6. The standard InChI is InChI=1S/C17H32N2O2/c1-3-10-18-17(16(20)21)9-5-6-15(17)8-12-19-11-7-14(4-2)13-19/h14-15,18H,3-13H2,1-2H3,(H,20,21). The van der Waals surface area contributed by atoms with Gasteiger partial charge in [0.2, 0.25) is 0 Å². The number of rotatable bonds is 8. The van der Waals surface area contributed by atoms with Crippen LogP contribution in [0.1, 0.15) is 58.8 Å². The minimum absolute atomic E-state index is 0.294. The summed E-state index contributed by atoms with van der Waals surface area (Å²) in [5.41, 5.74) is -0.653. The van der Waals surface area contributed by atoms with E-state index in [1.807, 2.05) is 0 Å². The van der Waals surface area contributed by atoms with Crippen LogP contribution in [0.3, 0.4) is 0 Å². The maximum Gasteiger partial charge on any atom is 0.324 e. The van der Waals surface area contributed by atoms with E-state index >= 15 is 0 Å². The molecule has 4 heteroatoms. The minimum atomic E-state index is -0.653. The molecule has 3 unspecified atom stereocenters. The number of carboxylic acid groups (broad SMARTS) is 1. The van der Waals surface area contributed by atoms with E-state index in [4.69, 9.17) is 0 Å². The quantitative estimate of drug-likeness (QED) is 0.723. The van der Waals surface area contributed by atoms with E-state index in [1.54, 1.807) is 0 Å². The van der Waals surface area contributed by atoms with E-state index in [9.17, 15) is 9.90 Å². The van der Waals surface area contributed by atoms with Crippen molar-refractivity contribution in [2.45, 2.75) is 64.3 Å². The highest BCUT2D eigenvalue weighted by molar-refractivity contribution is 5.79. The minimum Gasteiger partial charge on any atom is -0.480 e. The number of carbonyl (C=O) groups is 1. The molecule has 0 aromatic carbocycles. The van der Waals surface area contributed by atoms with Crippen LogP contribution in [0.2, 0.25) is 0 Å². The van der Waals surface area contributed by atoms with E-state index in [0.29, 0.717) is 5.92 Å². The summed E-state index contributed by atoms with van der Waals surface area (Å²) in [5.74, 6) is 0.518. The number of likely N-dealkylation sites (tertiary alicyclic amines) is 1. The van der Waals surface area contributed by atoms with Crippen molar-refractivity contribution in [3.05, 3.63) is 0 Å². The van der Waals surface area contributed by atoms with Crippen LogP contribution in [0.4, 0.5) is 0 Å². The van der Waals surface area contributed by atoms with Gasteiger partial charge in [-0.3, -0.25) is 4.79 Å². The topological polar surface area (TPSA) is 52.6 Å². The van der Waals surface area contributed by atoms with Crippen molar-refractivity contribution in [2.75, 3.05) is 26.2 Å². The van der Waals surface area contributed by atoms with E-state index < -0.39 is 11.5 Å². The van der Waals surface area contributed by atoms with E-state index in [2.05, 4.69) is 24.1 Å². The highest BCUT2D eigenvalue weighted by Crippen LogP contribution is 2.38. The van der Waals surface area contributed by atoms with E-state index in [1.165, 1.54) is 25.9 Å². The lowest BCUT2D eigenvalue weighted by Crippen LogP contribution is -2.55. The average molecular weight is 296 g/mol. The van der Waals surface area contributed by atoms with Crippen LogP contribution in [0, 0.1) is 11.8 Å². The predicted molar refractivity (Wildman–Crippen MR) is 85.5 cm³/mol. The lowest BCUT2D eigenvalue weighted by molar-refractivity contribution is -0.146. The number of carboxylic acids is 1. The largest absolute Gasteiger partial charge is 0.480 e. The second-order valence-electron chi connectivity index (χ2n) is 6.94. The van der Waals surface area contributed by atoms with Crippen molar-refractivity contribution < 1.29 is 9.90 Å². The smallest absolute Gasteiger partial charge is 0.324 e. The number of nitrogens with one attached hydrogen (secondary N) is 1. The molecule has 2 rings (SSSR count). The molecule has 1 saturated heterocycles. The molecule has 1 saturated carbocycles. The maximum atomic E-state index is 11.9. The first-order valence-corrected chi connectivity index (χ1v) is 8.83. The van der Waals surface area contributed by atoms with Crippen LogP contribution >= 0.6 is 0 Å². The Morgan fingerprint density at radius 3 is 2.81 bits per heavy atom. The Balaban J connectivity index is 1.89. The molecule has 21 heavy (non-hydrogen) atoms. The summed E-state index contributed by atoms with van der Waals surface area (Å²) in [4.78, 5) is 14.4. The number of hydrogen-bond acceptors (Lipinski definition) is 3. The van der Waals surface area contributed by atoms with E-state index in [0.717, 1.165) is 51.1 Å². The van der Waals surface area contributed by atoms with Crippen LogP contribution in [-0.4, -0.2) is 47.7 Å². The van der Waals surface area contributed by atoms with Gasteiger partial charge in [-0.05, 0) is 63.6 Å². The first kappa shape index (κ1) is 16.8. The van der Waals surface area contributed by atoms with E-state index in [-0.39, 0.29) is 0 Å². The van der Waals surface area contributed by atoms with Gasteiger partial charge in [0.25, 0.3) is 0 Å². The molecule has 0 aromatic heterocycles. The molecule has 0 radical (unpaired) electrons. The van der Waals surface area contributed by atoms with Crippen LogP contribution in [-0.2, 0) is 4.79 Å². The molecule has 2 aliphatic rings. The van der Waals surface area contributed by atoms with Crippen LogP contribution in [0.25, 0.3) is 0 Å². The molecule has 0 spiro atoms. The lowest BCUT2D eigenvalue weighted by atomic mass is 9.84. The third-order valence-corrected chi connectivity index (χ3v) is 5.63. The fourth-order valence-electron chi connectivity index (χ4n) is 4.19. The molecule has 2 N–H and O–H groups in total. The second kappa shape index (κ2) is 7.59. The summed E-state index contributed by atoms with van der Waals surface area (Å²) in [6.07, 6.45) is 7.52. The van der Waals surface area contributed by atoms with Gasteiger partial charge in [-0.25, -0.2) is 0 Å². The van der Waals surface area contributed by atoms with Crippen molar-refractivity contribution in [3.8, 4) is 0 Å². The molecular weight excluding hydrogens is 264 g/mol. The maximum absolute atomic E-state index is 11.9. The molecule has 3 atom stereocenters. The summed E-state index contributed by atoms with van der Waals surface area (Å²) in [7, 11) is 0. The molecule has 1 aliphatic heterocycles. The summed E-state index contributed by atoms with van der Waals surface area (Å²) >= 11 is 0. The molecule has 2 fully saturated rings. The van der Waals surface area contributed by atoms with Crippen LogP contribution in [0.5, 0.6) is 0 Å². The zero-order valence-corrected chi connectivity index (χ0v) is 13.7. The molecular formula is C17H32N2O2. The van der Waals surface area contributed by atoms with Crippen molar-refractivity contribution in [2.24, 2.45) is 11.8 Å². The van der Waals surface area contributed by atoms with Gasteiger partial charge in [0.15, 0.2) is 0 Å². The molecule has 0 aromatic rings. The Kier molecular flexibility index (Phi) is 6.06. The van der Waals surface area contributed by atoms with Crippen LogP contribution < -0.4 is 5.32 Å². The third kappa shape index (κ3) is 3.78. The van der Waals surface area contributed by atoms with Crippen molar-refractivity contribution >= 4 is 5.97 Å². The average Bonchev–Trinajstić information content (AvgIpc) is 3.10. The second-order valence-corrected chi connectivity index (χ2v) is 6.94. The van der Waals surface area contributed by atoms with Gasteiger partial charge in [-0.15, -0.1) is 0 Å². The zero-order chi connectivity index (χ0) is 15.3. The van der Waals surface area contributed by atoms with Gasteiger partial charge in [-0.1, -0.05) is 26.7 Å². The summed E-state index contributed by atoms with van der Waals surface area (Å²) in [6.45, 7) is 8.67. The number of aliphatic carboxylic acids is 1. The highest BCUT2D eigenvalue weighted by Gasteiger charge is 2.48. The Bertz CT molecular complexity index is 348. The van der Waals surface area contributed by atoms with Crippen LogP contribution in [0.15, 0.2) is 0 Å². The molecule has 0 amide bonds. The van der Waals surface area contributed by atoms with Gasteiger partial charge in [0.1, 0.15) is 5.54 Å². The van der Waals surface area contributed by atoms with Crippen molar-refractivity contribution in [1.29, 1.82) is 0 Å². The summed E-state index contributed by atoms with van der Waals surface area (Å²) in [6, 6.07) is 0. The fourth-order valence-corrected chi connectivity index (χ4v) is 4.19. The van der Waals surface area contributed by atoms with Crippen molar-refractivity contribution in [1.82, 2.24) is 10.2 Å². The fraction of sp³-hybridized carbons (Fsp3) is 0.941.